The molecule has 0 unspecified atom stereocenters. The van der Waals surface area contributed by atoms with Crippen LogP contribution in [0.4, 0.5) is 0 Å². The zero-order valence-electron chi connectivity index (χ0n) is 16.9. The summed E-state index contributed by atoms with van der Waals surface area (Å²) in [5.41, 5.74) is 5.41. The Bertz CT molecular complexity index is 348. The van der Waals surface area contributed by atoms with Crippen molar-refractivity contribution in [3.05, 3.63) is 0 Å². The lowest BCUT2D eigenvalue weighted by Gasteiger charge is -2.07. The molecule has 1 atom stereocenters. The first-order valence-electron chi connectivity index (χ1n) is 10.8. The molecule has 0 saturated carbocycles. The SMILES string of the molecule is CCCCCCCCCCCCCCCC(=O)NCCC[C@@H](N)C(=O)O. The number of aliphatic carboxylic acids is 1. The highest BCUT2D eigenvalue weighted by molar-refractivity contribution is 5.75. The lowest BCUT2D eigenvalue weighted by molar-refractivity contribution is -0.138. The van der Waals surface area contributed by atoms with Crippen molar-refractivity contribution in [3.8, 4) is 0 Å². The number of carboxylic acid groups (broad SMARTS) is 1. The van der Waals surface area contributed by atoms with Crippen LogP contribution in [0.2, 0.25) is 0 Å². The van der Waals surface area contributed by atoms with Gasteiger partial charge in [-0.2, -0.15) is 0 Å². The first kappa shape index (κ1) is 24.9. The van der Waals surface area contributed by atoms with E-state index in [-0.39, 0.29) is 5.91 Å². The van der Waals surface area contributed by atoms with Gasteiger partial charge in [-0.3, -0.25) is 9.59 Å². The van der Waals surface area contributed by atoms with Crippen molar-refractivity contribution in [3.63, 3.8) is 0 Å². The normalized spacial score (nSPS) is 12.1. The number of rotatable bonds is 19. The van der Waals surface area contributed by atoms with Crippen molar-refractivity contribution in [1.29, 1.82) is 0 Å². The van der Waals surface area contributed by atoms with Gasteiger partial charge in [0.05, 0.1) is 0 Å². The van der Waals surface area contributed by atoms with Crippen molar-refractivity contribution in [2.75, 3.05) is 6.54 Å². The van der Waals surface area contributed by atoms with E-state index in [9.17, 15) is 9.59 Å². The highest BCUT2D eigenvalue weighted by Gasteiger charge is 2.10. The van der Waals surface area contributed by atoms with Crippen LogP contribution >= 0.6 is 0 Å². The number of nitrogens with two attached hydrogens (primary N) is 1. The van der Waals surface area contributed by atoms with Gasteiger partial charge in [-0.05, 0) is 19.3 Å². The smallest absolute Gasteiger partial charge is 0.320 e. The van der Waals surface area contributed by atoms with Gasteiger partial charge < -0.3 is 16.2 Å². The lowest BCUT2D eigenvalue weighted by Crippen LogP contribution is -2.32. The largest absolute Gasteiger partial charge is 0.480 e. The Morgan fingerprint density at radius 1 is 0.808 bits per heavy atom. The van der Waals surface area contributed by atoms with Gasteiger partial charge in [0.2, 0.25) is 5.91 Å². The van der Waals surface area contributed by atoms with Crippen molar-refractivity contribution >= 4 is 11.9 Å². The summed E-state index contributed by atoms with van der Waals surface area (Å²) in [5.74, 6) is -0.916. The molecule has 5 nitrogen and oxygen atoms in total. The van der Waals surface area contributed by atoms with Gasteiger partial charge in [0.15, 0.2) is 0 Å². The predicted molar refractivity (Wildman–Crippen MR) is 108 cm³/mol. The van der Waals surface area contributed by atoms with Gasteiger partial charge in [0.25, 0.3) is 0 Å². The van der Waals surface area contributed by atoms with Crippen LogP contribution in [0.1, 0.15) is 110 Å². The van der Waals surface area contributed by atoms with Crippen LogP contribution in [-0.4, -0.2) is 29.6 Å². The van der Waals surface area contributed by atoms with Gasteiger partial charge in [-0.15, -0.1) is 0 Å². The molecule has 0 rings (SSSR count). The van der Waals surface area contributed by atoms with Crippen LogP contribution in [0.15, 0.2) is 0 Å². The van der Waals surface area contributed by atoms with Crippen LogP contribution in [0.25, 0.3) is 0 Å². The molecule has 0 radical (unpaired) electrons. The average Bonchev–Trinajstić information content (AvgIpc) is 2.62. The number of carbonyl (C=O) groups is 2. The first-order chi connectivity index (χ1) is 12.6. The number of unbranched alkanes of at least 4 members (excludes halogenated alkanes) is 12. The summed E-state index contributed by atoms with van der Waals surface area (Å²) in [7, 11) is 0. The lowest BCUT2D eigenvalue weighted by atomic mass is 10.0. The average molecular weight is 371 g/mol. The topological polar surface area (TPSA) is 92.4 Å². The third-order valence-electron chi connectivity index (χ3n) is 4.84. The minimum atomic E-state index is -0.983. The summed E-state index contributed by atoms with van der Waals surface area (Å²) in [6, 6.07) is -0.826. The molecule has 5 heteroatoms. The van der Waals surface area contributed by atoms with Crippen LogP contribution in [0, 0.1) is 0 Å². The molecule has 0 heterocycles. The standard InChI is InChI=1S/C21H42N2O3/c1-2-3-4-5-6-7-8-9-10-11-12-13-14-17-20(24)23-18-15-16-19(22)21(25)26/h19H,2-18,22H2,1H3,(H,23,24)(H,25,26)/t19-/m1/s1. The van der Waals surface area contributed by atoms with Crippen molar-refractivity contribution < 1.29 is 14.7 Å². The Morgan fingerprint density at radius 2 is 1.27 bits per heavy atom. The van der Waals surface area contributed by atoms with E-state index < -0.39 is 12.0 Å². The molecule has 0 aliphatic heterocycles. The minimum absolute atomic E-state index is 0.0666. The molecule has 0 aromatic rings. The van der Waals surface area contributed by atoms with Crippen LogP contribution in [-0.2, 0) is 9.59 Å². The predicted octanol–water partition coefficient (Wildman–Crippen LogP) is 4.78. The van der Waals surface area contributed by atoms with E-state index in [2.05, 4.69) is 12.2 Å². The summed E-state index contributed by atoms with van der Waals surface area (Å²) in [5, 5.41) is 11.5. The zero-order valence-corrected chi connectivity index (χ0v) is 16.9. The molecule has 154 valence electrons. The quantitative estimate of drug-likeness (QED) is 0.285. The fourth-order valence-electron chi connectivity index (χ4n) is 3.06. The number of hydrogen-bond donors (Lipinski definition) is 3. The van der Waals surface area contributed by atoms with Crippen LogP contribution in [0.5, 0.6) is 0 Å². The Hall–Kier alpha value is -1.10. The Labute approximate surface area is 160 Å². The maximum Gasteiger partial charge on any atom is 0.320 e. The summed E-state index contributed by atoms with van der Waals surface area (Å²) in [6.07, 6.45) is 18.5. The van der Waals surface area contributed by atoms with E-state index in [0.717, 1.165) is 12.8 Å². The second kappa shape index (κ2) is 18.7. The molecule has 0 saturated heterocycles. The monoisotopic (exact) mass is 370 g/mol. The Morgan fingerprint density at radius 3 is 1.73 bits per heavy atom. The molecular formula is C21H42N2O3. The maximum atomic E-state index is 11.7. The highest BCUT2D eigenvalue weighted by Crippen LogP contribution is 2.12. The van der Waals surface area contributed by atoms with Crippen LogP contribution < -0.4 is 11.1 Å². The second-order valence-electron chi connectivity index (χ2n) is 7.43. The summed E-state index contributed by atoms with van der Waals surface area (Å²) in [6.45, 7) is 2.77. The van der Waals surface area contributed by atoms with E-state index >= 15 is 0 Å². The van der Waals surface area contributed by atoms with E-state index in [1.54, 1.807) is 0 Å². The highest BCUT2D eigenvalue weighted by atomic mass is 16.4. The molecule has 0 aliphatic carbocycles. The summed E-state index contributed by atoms with van der Waals surface area (Å²) >= 11 is 0. The number of amides is 1. The van der Waals surface area contributed by atoms with Crippen molar-refractivity contribution in [2.24, 2.45) is 5.73 Å². The van der Waals surface area contributed by atoms with Gasteiger partial charge in [-0.25, -0.2) is 0 Å². The molecule has 0 aliphatic rings. The summed E-state index contributed by atoms with van der Waals surface area (Å²) < 4.78 is 0. The number of carbonyl (C=O) groups excluding carboxylic acids is 1. The van der Waals surface area contributed by atoms with Crippen molar-refractivity contribution in [1.82, 2.24) is 5.32 Å². The molecule has 0 bridgehead atoms. The van der Waals surface area contributed by atoms with Crippen LogP contribution in [0.3, 0.4) is 0 Å². The number of nitrogens with one attached hydrogen (secondary N) is 1. The molecule has 0 aromatic heterocycles. The van der Waals surface area contributed by atoms with E-state index in [4.69, 9.17) is 10.8 Å². The fraction of sp³-hybridized carbons (Fsp3) is 0.905. The second-order valence-corrected chi connectivity index (χ2v) is 7.43. The zero-order chi connectivity index (χ0) is 19.5. The number of hydrogen-bond acceptors (Lipinski definition) is 3. The Balaban J connectivity index is 3.22. The van der Waals surface area contributed by atoms with Gasteiger partial charge in [0, 0.05) is 13.0 Å². The van der Waals surface area contributed by atoms with Gasteiger partial charge >= 0.3 is 5.97 Å². The molecule has 0 spiro atoms. The molecular weight excluding hydrogens is 328 g/mol. The molecule has 0 aromatic carbocycles. The fourth-order valence-corrected chi connectivity index (χ4v) is 3.06. The molecule has 0 fully saturated rings. The third-order valence-corrected chi connectivity index (χ3v) is 4.84. The number of carboxylic acids is 1. The third kappa shape index (κ3) is 17.7. The van der Waals surface area contributed by atoms with E-state index in [0.29, 0.717) is 25.8 Å². The Kier molecular flexibility index (Phi) is 17.9. The van der Waals surface area contributed by atoms with Gasteiger partial charge in [0.1, 0.15) is 6.04 Å². The summed E-state index contributed by atoms with van der Waals surface area (Å²) in [4.78, 5) is 22.2. The van der Waals surface area contributed by atoms with Crippen molar-refractivity contribution in [2.45, 2.75) is 116 Å². The minimum Gasteiger partial charge on any atom is -0.480 e. The molecule has 1 amide bonds. The maximum absolute atomic E-state index is 11.7. The van der Waals surface area contributed by atoms with Gasteiger partial charge in [-0.1, -0.05) is 84.0 Å². The molecule has 4 N–H and O–H groups in total. The van der Waals surface area contributed by atoms with E-state index in [1.165, 1.54) is 70.6 Å². The first-order valence-corrected chi connectivity index (χ1v) is 10.8. The van der Waals surface area contributed by atoms with E-state index in [1.807, 2.05) is 0 Å². The molecule has 26 heavy (non-hydrogen) atoms.